The highest BCUT2D eigenvalue weighted by molar-refractivity contribution is 5.18. The van der Waals surface area contributed by atoms with E-state index in [0.717, 1.165) is 24.4 Å². The van der Waals surface area contributed by atoms with Crippen LogP contribution in [0.3, 0.4) is 0 Å². The standard InChI is InChI=1S/C7H12N2O/c1-3-5-7(10)9-6(4-2)8-5/h10H,3-4H2,1-2H3,(H,8,9). The predicted molar refractivity (Wildman–Crippen MR) is 39.0 cm³/mol. The molecule has 10 heavy (non-hydrogen) atoms. The van der Waals surface area contributed by atoms with Gasteiger partial charge in [0.05, 0.1) is 5.69 Å². The average molecular weight is 140 g/mol. The summed E-state index contributed by atoms with van der Waals surface area (Å²) in [5.74, 6) is 1.01. The summed E-state index contributed by atoms with van der Waals surface area (Å²) in [6, 6.07) is 0. The van der Waals surface area contributed by atoms with Crippen LogP contribution < -0.4 is 0 Å². The Morgan fingerprint density at radius 2 is 2.10 bits per heavy atom. The van der Waals surface area contributed by atoms with Crippen molar-refractivity contribution < 1.29 is 5.11 Å². The molecule has 56 valence electrons. The Balaban J connectivity index is 2.92. The zero-order valence-corrected chi connectivity index (χ0v) is 6.31. The van der Waals surface area contributed by atoms with E-state index in [1.807, 2.05) is 13.8 Å². The van der Waals surface area contributed by atoms with E-state index in [1.165, 1.54) is 0 Å². The van der Waals surface area contributed by atoms with E-state index in [1.54, 1.807) is 0 Å². The average Bonchev–Trinajstić information content (AvgIpc) is 2.30. The second-order valence-electron chi connectivity index (χ2n) is 2.19. The van der Waals surface area contributed by atoms with Crippen LogP contribution in [0.15, 0.2) is 0 Å². The molecule has 0 fully saturated rings. The number of nitrogens with one attached hydrogen (secondary N) is 1. The van der Waals surface area contributed by atoms with Crippen LogP contribution in [-0.2, 0) is 12.8 Å². The minimum Gasteiger partial charge on any atom is -0.492 e. The molecular formula is C7H12N2O. The van der Waals surface area contributed by atoms with Gasteiger partial charge in [-0.05, 0) is 6.42 Å². The molecule has 0 aliphatic carbocycles. The molecule has 0 unspecified atom stereocenters. The SMILES string of the molecule is CCc1nc(O)c(CC)[nH]1. The van der Waals surface area contributed by atoms with Gasteiger partial charge in [0.2, 0.25) is 5.88 Å². The summed E-state index contributed by atoms with van der Waals surface area (Å²) >= 11 is 0. The van der Waals surface area contributed by atoms with E-state index in [0.29, 0.717) is 0 Å². The van der Waals surface area contributed by atoms with Gasteiger partial charge < -0.3 is 10.1 Å². The second-order valence-corrected chi connectivity index (χ2v) is 2.19. The van der Waals surface area contributed by atoms with Crippen molar-refractivity contribution in [2.24, 2.45) is 0 Å². The van der Waals surface area contributed by atoms with Crippen LogP contribution in [0.5, 0.6) is 5.88 Å². The first-order valence-electron chi connectivity index (χ1n) is 3.54. The van der Waals surface area contributed by atoms with E-state index in [4.69, 9.17) is 5.11 Å². The number of aromatic nitrogens is 2. The number of imidazole rings is 1. The monoisotopic (exact) mass is 140 g/mol. The number of hydrogen-bond acceptors (Lipinski definition) is 2. The highest BCUT2D eigenvalue weighted by Gasteiger charge is 2.03. The number of aromatic hydroxyl groups is 1. The first kappa shape index (κ1) is 7.12. The van der Waals surface area contributed by atoms with Crippen LogP contribution in [0, 0.1) is 0 Å². The Kier molecular flexibility index (Phi) is 1.94. The predicted octanol–water partition coefficient (Wildman–Crippen LogP) is 1.24. The molecule has 0 aliphatic heterocycles. The molecule has 1 rings (SSSR count). The summed E-state index contributed by atoms with van der Waals surface area (Å²) < 4.78 is 0. The summed E-state index contributed by atoms with van der Waals surface area (Å²) in [5, 5.41) is 9.12. The lowest BCUT2D eigenvalue weighted by Crippen LogP contribution is -1.82. The van der Waals surface area contributed by atoms with Crippen molar-refractivity contribution in [2.75, 3.05) is 0 Å². The third-order valence-corrected chi connectivity index (χ3v) is 1.49. The van der Waals surface area contributed by atoms with Crippen LogP contribution in [0.25, 0.3) is 0 Å². The maximum Gasteiger partial charge on any atom is 0.232 e. The minimum atomic E-state index is 0.152. The molecule has 1 heterocycles. The molecule has 0 bridgehead atoms. The molecule has 3 nitrogen and oxygen atoms in total. The number of aryl methyl sites for hydroxylation is 2. The summed E-state index contributed by atoms with van der Waals surface area (Å²) in [6.07, 6.45) is 1.65. The molecule has 0 atom stereocenters. The van der Waals surface area contributed by atoms with Crippen LogP contribution in [0.4, 0.5) is 0 Å². The molecule has 0 amide bonds. The Bertz CT molecular complexity index is 217. The highest BCUT2D eigenvalue weighted by atomic mass is 16.3. The third kappa shape index (κ3) is 1.12. The fourth-order valence-electron chi connectivity index (χ4n) is 0.867. The van der Waals surface area contributed by atoms with E-state index < -0.39 is 0 Å². The van der Waals surface area contributed by atoms with Gasteiger partial charge in [-0.3, -0.25) is 0 Å². The molecule has 0 radical (unpaired) electrons. The zero-order chi connectivity index (χ0) is 7.56. The van der Waals surface area contributed by atoms with Crippen molar-refractivity contribution >= 4 is 0 Å². The maximum absolute atomic E-state index is 9.12. The van der Waals surface area contributed by atoms with Crippen molar-refractivity contribution in [3.8, 4) is 5.88 Å². The first-order chi connectivity index (χ1) is 4.77. The second kappa shape index (κ2) is 2.73. The van der Waals surface area contributed by atoms with Gasteiger partial charge in [-0.25, -0.2) is 0 Å². The quantitative estimate of drug-likeness (QED) is 0.649. The first-order valence-corrected chi connectivity index (χ1v) is 3.54. The molecule has 0 aromatic carbocycles. The molecule has 0 saturated heterocycles. The summed E-state index contributed by atoms with van der Waals surface area (Å²) in [6.45, 7) is 3.98. The lowest BCUT2D eigenvalue weighted by Gasteiger charge is -1.86. The topological polar surface area (TPSA) is 48.9 Å². The van der Waals surface area contributed by atoms with Crippen LogP contribution in [0.2, 0.25) is 0 Å². The largest absolute Gasteiger partial charge is 0.492 e. The molecular weight excluding hydrogens is 128 g/mol. The van der Waals surface area contributed by atoms with E-state index in [2.05, 4.69) is 9.97 Å². The fourth-order valence-corrected chi connectivity index (χ4v) is 0.867. The highest BCUT2D eigenvalue weighted by Crippen LogP contribution is 2.13. The normalized spacial score (nSPS) is 10.2. The van der Waals surface area contributed by atoms with Gasteiger partial charge >= 0.3 is 0 Å². The number of nitrogens with zero attached hydrogens (tertiary/aromatic N) is 1. The Labute approximate surface area is 60.1 Å². The van der Waals surface area contributed by atoms with Gasteiger partial charge in [0.15, 0.2) is 0 Å². The Morgan fingerprint density at radius 3 is 2.40 bits per heavy atom. The maximum atomic E-state index is 9.12. The van der Waals surface area contributed by atoms with Gasteiger partial charge in [-0.1, -0.05) is 13.8 Å². The van der Waals surface area contributed by atoms with Gasteiger partial charge in [0.1, 0.15) is 5.82 Å². The summed E-state index contributed by atoms with van der Waals surface area (Å²) in [5.41, 5.74) is 0.830. The molecule has 0 spiro atoms. The molecule has 1 aromatic rings. The van der Waals surface area contributed by atoms with Crippen LogP contribution in [0.1, 0.15) is 25.4 Å². The molecule has 2 N–H and O–H groups in total. The number of hydrogen-bond donors (Lipinski definition) is 2. The molecule has 0 saturated carbocycles. The molecule has 1 aromatic heterocycles. The number of aromatic amines is 1. The summed E-state index contributed by atoms with van der Waals surface area (Å²) in [7, 11) is 0. The minimum absolute atomic E-state index is 0.152. The summed E-state index contributed by atoms with van der Waals surface area (Å²) in [4.78, 5) is 6.92. The Hall–Kier alpha value is -0.990. The van der Waals surface area contributed by atoms with E-state index in [-0.39, 0.29) is 5.88 Å². The molecule has 0 aliphatic rings. The lowest BCUT2D eigenvalue weighted by atomic mass is 10.4. The van der Waals surface area contributed by atoms with Gasteiger partial charge in [0.25, 0.3) is 0 Å². The van der Waals surface area contributed by atoms with Gasteiger partial charge in [-0.2, -0.15) is 4.98 Å². The van der Waals surface area contributed by atoms with Crippen molar-refractivity contribution in [1.29, 1.82) is 0 Å². The van der Waals surface area contributed by atoms with Crippen molar-refractivity contribution in [3.63, 3.8) is 0 Å². The van der Waals surface area contributed by atoms with Crippen molar-refractivity contribution in [3.05, 3.63) is 11.5 Å². The molecule has 3 heteroatoms. The smallest absolute Gasteiger partial charge is 0.232 e. The number of rotatable bonds is 2. The van der Waals surface area contributed by atoms with Gasteiger partial charge in [-0.15, -0.1) is 0 Å². The van der Waals surface area contributed by atoms with Crippen molar-refractivity contribution in [1.82, 2.24) is 9.97 Å². The van der Waals surface area contributed by atoms with E-state index >= 15 is 0 Å². The van der Waals surface area contributed by atoms with Crippen LogP contribution >= 0.6 is 0 Å². The van der Waals surface area contributed by atoms with E-state index in [9.17, 15) is 0 Å². The zero-order valence-electron chi connectivity index (χ0n) is 6.31. The Morgan fingerprint density at radius 1 is 1.40 bits per heavy atom. The lowest BCUT2D eigenvalue weighted by molar-refractivity contribution is 0.449. The van der Waals surface area contributed by atoms with Crippen molar-refractivity contribution in [2.45, 2.75) is 26.7 Å². The third-order valence-electron chi connectivity index (χ3n) is 1.49. The number of H-pyrrole nitrogens is 1. The van der Waals surface area contributed by atoms with Crippen LogP contribution in [-0.4, -0.2) is 15.1 Å². The fraction of sp³-hybridized carbons (Fsp3) is 0.571. The van der Waals surface area contributed by atoms with Gasteiger partial charge in [0, 0.05) is 6.42 Å².